The van der Waals surface area contributed by atoms with Crippen LogP contribution in [0.4, 0.5) is 11.4 Å². The van der Waals surface area contributed by atoms with E-state index in [0.29, 0.717) is 5.56 Å². The van der Waals surface area contributed by atoms with Gasteiger partial charge in [0.25, 0.3) is 5.69 Å². The first-order valence-electron chi connectivity index (χ1n) is 6.78. The van der Waals surface area contributed by atoms with Gasteiger partial charge >= 0.3 is 0 Å². The van der Waals surface area contributed by atoms with Crippen molar-refractivity contribution in [1.82, 2.24) is 0 Å². The van der Waals surface area contributed by atoms with Crippen molar-refractivity contribution in [2.75, 3.05) is 25.1 Å². The fourth-order valence-corrected chi connectivity index (χ4v) is 2.67. The van der Waals surface area contributed by atoms with Crippen LogP contribution < -0.4 is 4.90 Å². The van der Waals surface area contributed by atoms with Gasteiger partial charge in [-0.05, 0) is 31.4 Å². The highest BCUT2D eigenvalue weighted by atomic mass is 35.5. The molecule has 1 heterocycles. The number of anilines is 1. The van der Waals surface area contributed by atoms with Crippen LogP contribution in [0.15, 0.2) is 18.2 Å². The Balaban J connectivity index is 2.09. The van der Waals surface area contributed by atoms with Gasteiger partial charge in [0.05, 0.1) is 16.9 Å². The number of nitrogens with zero attached hydrogens (tertiary/aromatic N) is 2. The summed E-state index contributed by atoms with van der Waals surface area (Å²) in [6.07, 6.45) is 3.64. The molecule has 5 nitrogen and oxygen atoms in total. The Labute approximate surface area is 123 Å². The molecular weight excluding hydrogens is 280 g/mol. The molecule has 0 amide bonds. The van der Waals surface area contributed by atoms with E-state index in [-0.39, 0.29) is 17.7 Å². The topological polar surface area (TPSA) is 55.6 Å². The number of hydrogen-bond acceptors (Lipinski definition) is 4. The highest BCUT2D eigenvalue weighted by Gasteiger charge is 2.18. The highest BCUT2D eigenvalue weighted by Crippen LogP contribution is 2.26. The van der Waals surface area contributed by atoms with Crippen LogP contribution in [0, 0.1) is 10.1 Å². The quantitative estimate of drug-likeness (QED) is 0.475. The molecule has 1 aromatic carbocycles. The first kappa shape index (κ1) is 15.1. The standard InChI is InChI=1S/C14H19ClN2O3/c1-16(10-13-4-2-3-7-20-13)12-5-6-14(17(18)19)11(8-12)9-15/h5-6,8,13H,2-4,7,9-10H2,1H3. The second kappa shape index (κ2) is 6.90. The lowest BCUT2D eigenvalue weighted by atomic mass is 10.1. The number of rotatable bonds is 5. The van der Waals surface area contributed by atoms with Gasteiger partial charge in [-0.2, -0.15) is 0 Å². The molecule has 1 saturated heterocycles. The maximum atomic E-state index is 10.9. The molecule has 0 saturated carbocycles. The Bertz CT molecular complexity index is 475. The largest absolute Gasteiger partial charge is 0.376 e. The van der Waals surface area contributed by atoms with Gasteiger partial charge < -0.3 is 9.64 Å². The molecule has 1 aliphatic heterocycles. The molecular formula is C14H19ClN2O3. The van der Waals surface area contributed by atoms with Gasteiger partial charge in [-0.3, -0.25) is 10.1 Å². The zero-order valence-corrected chi connectivity index (χ0v) is 12.3. The van der Waals surface area contributed by atoms with E-state index in [1.165, 1.54) is 12.5 Å². The van der Waals surface area contributed by atoms with Crippen LogP contribution in [-0.4, -0.2) is 31.2 Å². The van der Waals surface area contributed by atoms with Crippen LogP contribution in [0.25, 0.3) is 0 Å². The minimum absolute atomic E-state index is 0.0751. The first-order chi connectivity index (χ1) is 9.61. The maximum absolute atomic E-state index is 10.9. The molecule has 1 atom stereocenters. The number of nitro groups is 1. The van der Waals surface area contributed by atoms with Crippen molar-refractivity contribution in [3.8, 4) is 0 Å². The molecule has 0 aliphatic carbocycles. The number of hydrogen-bond donors (Lipinski definition) is 0. The van der Waals surface area contributed by atoms with Crippen LogP contribution in [0.2, 0.25) is 0 Å². The summed E-state index contributed by atoms with van der Waals surface area (Å²) in [7, 11) is 1.97. The molecule has 110 valence electrons. The molecule has 1 unspecified atom stereocenters. The molecule has 20 heavy (non-hydrogen) atoms. The van der Waals surface area contributed by atoms with Gasteiger partial charge in [0, 0.05) is 37.5 Å². The van der Waals surface area contributed by atoms with E-state index in [0.717, 1.165) is 31.7 Å². The van der Waals surface area contributed by atoms with E-state index in [2.05, 4.69) is 4.90 Å². The molecule has 1 aromatic rings. The van der Waals surface area contributed by atoms with Crippen LogP contribution in [0.3, 0.4) is 0 Å². The Morgan fingerprint density at radius 1 is 1.50 bits per heavy atom. The number of benzene rings is 1. The number of ether oxygens (including phenoxy) is 1. The fourth-order valence-electron chi connectivity index (χ4n) is 2.46. The Hall–Kier alpha value is -1.33. The number of likely N-dealkylation sites (N-methyl/N-ethyl adjacent to an activating group) is 1. The van der Waals surface area contributed by atoms with Crippen molar-refractivity contribution < 1.29 is 9.66 Å². The summed E-state index contributed by atoms with van der Waals surface area (Å²) in [5.74, 6) is 0.137. The van der Waals surface area contributed by atoms with Crippen molar-refractivity contribution in [3.05, 3.63) is 33.9 Å². The monoisotopic (exact) mass is 298 g/mol. The molecule has 6 heteroatoms. The van der Waals surface area contributed by atoms with E-state index in [1.807, 2.05) is 7.05 Å². The van der Waals surface area contributed by atoms with Crippen molar-refractivity contribution in [2.45, 2.75) is 31.2 Å². The molecule has 0 N–H and O–H groups in total. The zero-order chi connectivity index (χ0) is 14.5. The fraction of sp³-hybridized carbons (Fsp3) is 0.571. The number of alkyl halides is 1. The normalized spacial score (nSPS) is 18.8. The van der Waals surface area contributed by atoms with E-state index < -0.39 is 4.92 Å². The second-order valence-electron chi connectivity index (χ2n) is 5.07. The number of nitro benzene ring substituents is 1. The lowest BCUT2D eigenvalue weighted by molar-refractivity contribution is -0.385. The van der Waals surface area contributed by atoms with Crippen LogP contribution in [0.1, 0.15) is 24.8 Å². The Kier molecular flexibility index (Phi) is 5.20. The first-order valence-corrected chi connectivity index (χ1v) is 7.31. The summed E-state index contributed by atoms with van der Waals surface area (Å²) in [5.41, 5.74) is 1.55. The third kappa shape index (κ3) is 3.61. The number of halogens is 1. The average molecular weight is 299 g/mol. The molecule has 0 aromatic heterocycles. The van der Waals surface area contributed by atoms with Crippen molar-refractivity contribution in [2.24, 2.45) is 0 Å². The third-order valence-electron chi connectivity index (χ3n) is 3.60. The Morgan fingerprint density at radius 3 is 2.90 bits per heavy atom. The van der Waals surface area contributed by atoms with Gasteiger partial charge in [-0.25, -0.2) is 0 Å². The van der Waals surface area contributed by atoms with Crippen molar-refractivity contribution in [3.63, 3.8) is 0 Å². The predicted octanol–water partition coefficient (Wildman–Crippen LogP) is 3.34. The summed E-state index contributed by atoms with van der Waals surface area (Å²) in [6, 6.07) is 5.07. The maximum Gasteiger partial charge on any atom is 0.273 e. The van der Waals surface area contributed by atoms with Crippen molar-refractivity contribution >= 4 is 23.0 Å². The summed E-state index contributed by atoms with van der Waals surface area (Å²) >= 11 is 5.80. The minimum Gasteiger partial charge on any atom is -0.376 e. The van der Waals surface area contributed by atoms with Crippen LogP contribution in [0.5, 0.6) is 0 Å². The van der Waals surface area contributed by atoms with E-state index in [9.17, 15) is 10.1 Å². The summed E-state index contributed by atoms with van der Waals surface area (Å²) in [5, 5.41) is 10.9. The molecule has 0 spiro atoms. The summed E-state index contributed by atoms with van der Waals surface area (Å²) in [4.78, 5) is 12.6. The van der Waals surface area contributed by atoms with Crippen LogP contribution >= 0.6 is 11.6 Å². The van der Waals surface area contributed by atoms with E-state index in [1.54, 1.807) is 12.1 Å². The minimum atomic E-state index is -0.397. The van der Waals surface area contributed by atoms with Gasteiger partial charge in [-0.1, -0.05) is 0 Å². The average Bonchev–Trinajstić information content (AvgIpc) is 2.47. The van der Waals surface area contributed by atoms with Gasteiger partial charge in [-0.15, -0.1) is 11.6 Å². The molecule has 1 fully saturated rings. The van der Waals surface area contributed by atoms with Gasteiger partial charge in [0.1, 0.15) is 0 Å². The third-order valence-corrected chi connectivity index (χ3v) is 3.88. The smallest absolute Gasteiger partial charge is 0.273 e. The van der Waals surface area contributed by atoms with Crippen LogP contribution in [-0.2, 0) is 10.6 Å². The van der Waals surface area contributed by atoms with E-state index >= 15 is 0 Å². The lowest BCUT2D eigenvalue weighted by Gasteiger charge is -2.28. The Morgan fingerprint density at radius 2 is 2.30 bits per heavy atom. The second-order valence-corrected chi connectivity index (χ2v) is 5.34. The lowest BCUT2D eigenvalue weighted by Crippen LogP contribution is -2.33. The van der Waals surface area contributed by atoms with Gasteiger partial charge in [0.2, 0.25) is 0 Å². The molecule has 0 bridgehead atoms. The summed E-state index contributed by atoms with van der Waals surface area (Å²) in [6.45, 7) is 1.62. The molecule has 0 radical (unpaired) electrons. The van der Waals surface area contributed by atoms with Crippen molar-refractivity contribution in [1.29, 1.82) is 0 Å². The predicted molar refractivity (Wildman–Crippen MR) is 79.5 cm³/mol. The summed E-state index contributed by atoms with van der Waals surface area (Å²) < 4.78 is 5.71. The highest BCUT2D eigenvalue weighted by molar-refractivity contribution is 6.17. The van der Waals surface area contributed by atoms with Gasteiger partial charge in [0.15, 0.2) is 0 Å². The molecule has 1 aliphatic rings. The SMILES string of the molecule is CN(CC1CCCCO1)c1ccc([N+](=O)[O-])c(CCl)c1. The van der Waals surface area contributed by atoms with E-state index in [4.69, 9.17) is 16.3 Å². The molecule has 2 rings (SSSR count). The zero-order valence-electron chi connectivity index (χ0n) is 11.5.